The van der Waals surface area contributed by atoms with Crippen molar-refractivity contribution in [1.82, 2.24) is 20.4 Å². The van der Waals surface area contributed by atoms with E-state index in [1.807, 2.05) is 48.5 Å². The smallest absolute Gasteiger partial charge is 0.240 e. The van der Waals surface area contributed by atoms with Gasteiger partial charge in [0.15, 0.2) is 5.82 Å². The summed E-state index contributed by atoms with van der Waals surface area (Å²) >= 11 is 0. The van der Waals surface area contributed by atoms with Crippen molar-refractivity contribution in [1.29, 1.82) is 0 Å². The molecule has 0 bridgehead atoms. The van der Waals surface area contributed by atoms with Crippen LogP contribution in [0.1, 0.15) is 35.3 Å². The fraction of sp³-hybridized carbons (Fsp3) is 0.286. The SMILES string of the molecule is O=C1CC(c2ccccc2)N(Cc2nc(Cc3ccccc3)no2)CCN1. The van der Waals surface area contributed by atoms with Crippen LogP contribution >= 0.6 is 0 Å². The lowest BCUT2D eigenvalue weighted by atomic mass is 10.0. The molecule has 0 aliphatic carbocycles. The summed E-state index contributed by atoms with van der Waals surface area (Å²) < 4.78 is 5.48. The van der Waals surface area contributed by atoms with Crippen LogP contribution in [0.3, 0.4) is 0 Å². The number of rotatable bonds is 5. The lowest BCUT2D eigenvalue weighted by molar-refractivity contribution is -0.121. The molecule has 1 unspecified atom stereocenters. The summed E-state index contributed by atoms with van der Waals surface area (Å²) in [6.07, 6.45) is 1.07. The topological polar surface area (TPSA) is 71.3 Å². The summed E-state index contributed by atoms with van der Waals surface area (Å²) in [5.74, 6) is 1.33. The summed E-state index contributed by atoms with van der Waals surface area (Å²) in [5, 5.41) is 7.07. The Kier molecular flexibility index (Phi) is 5.25. The van der Waals surface area contributed by atoms with Crippen molar-refractivity contribution in [3.8, 4) is 0 Å². The Bertz CT molecular complexity index is 879. The normalized spacial score (nSPS) is 18.1. The number of carbonyl (C=O) groups is 1. The van der Waals surface area contributed by atoms with E-state index in [1.165, 1.54) is 0 Å². The second kappa shape index (κ2) is 8.14. The number of carbonyl (C=O) groups excluding carboxylic acids is 1. The average molecular weight is 362 g/mol. The van der Waals surface area contributed by atoms with Crippen LogP contribution in [0.4, 0.5) is 0 Å². The maximum absolute atomic E-state index is 12.1. The maximum atomic E-state index is 12.1. The van der Waals surface area contributed by atoms with E-state index in [0.29, 0.717) is 37.6 Å². The fourth-order valence-corrected chi connectivity index (χ4v) is 3.44. The maximum Gasteiger partial charge on any atom is 0.240 e. The van der Waals surface area contributed by atoms with Gasteiger partial charge in [-0.25, -0.2) is 0 Å². The molecule has 1 fully saturated rings. The Morgan fingerprint density at radius 3 is 2.59 bits per heavy atom. The monoisotopic (exact) mass is 362 g/mol. The third-order valence-corrected chi connectivity index (χ3v) is 4.78. The molecule has 1 aliphatic heterocycles. The van der Waals surface area contributed by atoms with Crippen LogP contribution in [0.25, 0.3) is 0 Å². The molecule has 2 aromatic carbocycles. The standard InChI is InChI=1S/C21H22N4O2/c26-20-14-18(17-9-5-2-6-10-17)25(12-11-22-20)15-21-23-19(24-27-21)13-16-7-3-1-4-8-16/h1-10,18H,11-15H2,(H,22,26). The summed E-state index contributed by atoms with van der Waals surface area (Å²) in [6, 6.07) is 20.2. The van der Waals surface area contributed by atoms with Gasteiger partial charge in [-0.15, -0.1) is 0 Å². The lowest BCUT2D eigenvalue weighted by Crippen LogP contribution is -2.30. The van der Waals surface area contributed by atoms with Gasteiger partial charge in [0.25, 0.3) is 0 Å². The van der Waals surface area contributed by atoms with Crippen molar-refractivity contribution in [3.05, 3.63) is 83.5 Å². The van der Waals surface area contributed by atoms with Crippen LogP contribution < -0.4 is 5.32 Å². The molecular weight excluding hydrogens is 340 g/mol. The first-order valence-electron chi connectivity index (χ1n) is 9.19. The van der Waals surface area contributed by atoms with E-state index < -0.39 is 0 Å². The van der Waals surface area contributed by atoms with E-state index in [9.17, 15) is 4.79 Å². The van der Waals surface area contributed by atoms with Gasteiger partial charge in [0.05, 0.1) is 6.54 Å². The molecule has 0 radical (unpaired) electrons. The van der Waals surface area contributed by atoms with Gasteiger partial charge in [-0.2, -0.15) is 4.98 Å². The van der Waals surface area contributed by atoms with E-state index in [4.69, 9.17) is 4.52 Å². The van der Waals surface area contributed by atoms with Gasteiger partial charge in [0, 0.05) is 32.0 Å². The Morgan fingerprint density at radius 1 is 1.07 bits per heavy atom. The molecule has 27 heavy (non-hydrogen) atoms. The molecule has 2 heterocycles. The Morgan fingerprint density at radius 2 is 1.81 bits per heavy atom. The summed E-state index contributed by atoms with van der Waals surface area (Å²) in [7, 11) is 0. The summed E-state index contributed by atoms with van der Waals surface area (Å²) in [4.78, 5) is 18.9. The Hall–Kier alpha value is -2.99. The quantitative estimate of drug-likeness (QED) is 0.756. The van der Waals surface area contributed by atoms with E-state index in [1.54, 1.807) is 0 Å². The van der Waals surface area contributed by atoms with Crippen LogP contribution in [0.2, 0.25) is 0 Å². The van der Waals surface area contributed by atoms with Gasteiger partial charge < -0.3 is 9.84 Å². The van der Waals surface area contributed by atoms with Crippen LogP contribution in [0.5, 0.6) is 0 Å². The highest BCUT2D eigenvalue weighted by molar-refractivity contribution is 5.77. The predicted octanol–water partition coefficient (Wildman–Crippen LogP) is 2.72. The van der Waals surface area contributed by atoms with E-state index in [-0.39, 0.29) is 11.9 Å². The molecule has 4 rings (SSSR count). The minimum Gasteiger partial charge on any atom is -0.355 e. The first kappa shape index (κ1) is 17.4. The molecule has 0 spiro atoms. The molecule has 1 aromatic heterocycles. The zero-order valence-electron chi connectivity index (χ0n) is 15.0. The number of nitrogens with zero attached hydrogens (tertiary/aromatic N) is 3. The van der Waals surface area contributed by atoms with Crippen LogP contribution in [0.15, 0.2) is 65.2 Å². The van der Waals surface area contributed by atoms with Crippen molar-refractivity contribution in [2.75, 3.05) is 13.1 Å². The predicted molar refractivity (Wildman–Crippen MR) is 101 cm³/mol. The molecule has 1 N–H and O–H groups in total. The Labute approximate surface area is 158 Å². The minimum atomic E-state index is -0.00169. The molecule has 1 atom stereocenters. The zero-order chi connectivity index (χ0) is 18.5. The molecule has 1 saturated heterocycles. The fourth-order valence-electron chi connectivity index (χ4n) is 3.44. The van der Waals surface area contributed by atoms with E-state index in [2.05, 4.69) is 32.5 Å². The van der Waals surface area contributed by atoms with Crippen molar-refractivity contribution in [2.45, 2.75) is 25.4 Å². The van der Waals surface area contributed by atoms with Crippen molar-refractivity contribution in [2.24, 2.45) is 0 Å². The van der Waals surface area contributed by atoms with Gasteiger partial charge in [-0.3, -0.25) is 9.69 Å². The van der Waals surface area contributed by atoms with Gasteiger partial charge in [-0.05, 0) is 11.1 Å². The largest absolute Gasteiger partial charge is 0.355 e. The van der Waals surface area contributed by atoms with Crippen molar-refractivity contribution >= 4 is 5.91 Å². The summed E-state index contributed by atoms with van der Waals surface area (Å²) in [5.41, 5.74) is 2.27. The van der Waals surface area contributed by atoms with E-state index in [0.717, 1.165) is 17.7 Å². The number of benzene rings is 2. The van der Waals surface area contributed by atoms with Gasteiger partial charge >= 0.3 is 0 Å². The minimum absolute atomic E-state index is 0.00169. The zero-order valence-corrected chi connectivity index (χ0v) is 15.0. The first-order chi connectivity index (χ1) is 13.3. The molecule has 1 amide bonds. The van der Waals surface area contributed by atoms with Gasteiger partial charge in [-0.1, -0.05) is 65.8 Å². The van der Waals surface area contributed by atoms with Crippen LogP contribution in [-0.4, -0.2) is 34.0 Å². The molecule has 0 saturated carbocycles. The van der Waals surface area contributed by atoms with Gasteiger partial charge in [0.1, 0.15) is 0 Å². The molecular formula is C21H22N4O2. The Balaban J connectivity index is 1.50. The van der Waals surface area contributed by atoms with Gasteiger partial charge in [0.2, 0.25) is 11.8 Å². The second-order valence-corrected chi connectivity index (χ2v) is 6.72. The molecule has 6 nitrogen and oxygen atoms in total. The number of aromatic nitrogens is 2. The lowest BCUT2D eigenvalue weighted by Gasteiger charge is -2.27. The van der Waals surface area contributed by atoms with Crippen molar-refractivity contribution < 1.29 is 9.32 Å². The molecule has 6 heteroatoms. The number of hydrogen-bond donors (Lipinski definition) is 1. The first-order valence-corrected chi connectivity index (χ1v) is 9.19. The van der Waals surface area contributed by atoms with Crippen LogP contribution in [-0.2, 0) is 17.8 Å². The average Bonchev–Trinajstić information content (AvgIpc) is 3.05. The molecule has 1 aliphatic rings. The molecule has 138 valence electrons. The highest BCUT2D eigenvalue weighted by Crippen LogP contribution is 2.27. The highest BCUT2D eigenvalue weighted by atomic mass is 16.5. The third-order valence-electron chi connectivity index (χ3n) is 4.78. The number of nitrogens with one attached hydrogen (secondary N) is 1. The van der Waals surface area contributed by atoms with E-state index >= 15 is 0 Å². The highest BCUT2D eigenvalue weighted by Gasteiger charge is 2.27. The summed E-state index contributed by atoms with van der Waals surface area (Å²) in [6.45, 7) is 1.88. The van der Waals surface area contributed by atoms with Crippen molar-refractivity contribution in [3.63, 3.8) is 0 Å². The molecule has 3 aromatic rings. The van der Waals surface area contributed by atoms with Crippen LogP contribution in [0, 0.1) is 0 Å². The second-order valence-electron chi connectivity index (χ2n) is 6.72. The third kappa shape index (κ3) is 4.41. The number of hydrogen-bond acceptors (Lipinski definition) is 5. The number of amides is 1.